The van der Waals surface area contributed by atoms with Crippen molar-refractivity contribution in [2.45, 2.75) is 71.0 Å². The number of piperazine rings is 1. The highest BCUT2D eigenvalue weighted by molar-refractivity contribution is 5.97. The Hall–Kier alpha value is -1.06. The SMILES string of the molecule is CCC1NC(=O)C(C(C)C)N(C2CCCC2)C1=O. The molecule has 0 bridgehead atoms. The lowest BCUT2D eigenvalue weighted by Gasteiger charge is -2.44. The first-order chi connectivity index (χ1) is 8.56. The number of carbonyl (C=O) groups excluding carboxylic acids is 2. The van der Waals surface area contributed by atoms with E-state index >= 15 is 0 Å². The van der Waals surface area contributed by atoms with Crippen LogP contribution in [0, 0.1) is 5.92 Å². The molecule has 2 unspecified atom stereocenters. The summed E-state index contributed by atoms with van der Waals surface area (Å²) in [4.78, 5) is 26.6. The summed E-state index contributed by atoms with van der Waals surface area (Å²) in [5, 5.41) is 2.87. The van der Waals surface area contributed by atoms with Gasteiger partial charge < -0.3 is 10.2 Å². The average Bonchev–Trinajstić information content (AvgIpc) is 2.83. The van der Waals surface area contributed by atoms with E-state index in [0.717, 1.165) is 12.8 Å². The lowest BCUT2D eigenvalue weighted by Crippen LogP contribution is -2.66. The molecule has 0 aromatic rings. The fourth-order valence-corrected chi connectivity index (χ4v) is 3.25. The predicted molar refractivity (Wildman–Crippen MR) is 69.9 cm³/mol. The number of nitrogens with one attached hydrogen (secondary N) is 1. The van der Waals surface area contributed by atoms with Crippen LogP contribution in [0.15, 0.2) is 0 Å². The maximum atomic E-state index is 12.5. The fraction of sp³-hybridized carbons (Fsp3) is 0.857. The van der Waals surface area contributed by atoms with Gasteiger partial charge in [0.05, 0.1) is 0 Å². The molecule has 102 valence electrons. The largest absolute Gasteiger partial charge is 0.343 e. The van der Waals surface area contributed by atoms with Crippen molar-refractivity contribution in [1.82, 2.24) is 10.2 Å². The standard InChI is InChI=1S/C14H24N2O2/c1-4-11-14(18)16(10-7-5-6-8-10)12(9(2)3)13(17)15-11/h9-12H,4-8H2,1-3H3,(H,15,17). The molecule has 4 nitrogen and oxygen atoms in total. The molecule has 0 spiro atoms. The number of hydrogen-bond acceptors (Lipinski definition) is 2. The highest BCUT2D eigenvalue weighted by atomic mass is 16.2. The zero-order valence-corrected chi connectivity index (χ0v) is 11.6. The minimum atomic E-state index is -0.312. The zero-order chi connectivity index (χ0) is 13.3. The van der Waals surface area contributed by atoms with E-state index in [4.69, 9.17) is 0 Å². The minimum Gasteiger partial charge on any atom is -0.343 e. The summed E-state index contributed by atoms with van der Waals surface area (Å²) in [6, 6.07) is -0.304. The van der Waals surface area contributed by atoms with Crippen molar-refractivity contribution in [2.24, 2.45) is 5.92 Å². The van der Waals surface area contributed by atoms with Gasteiger partial charge >= 0.3 is 0 Å². The smallest absolute Gasteiger partial charge is 0.246 e. The Balaban J connectivity index is 2.26. The molecule has 2 rings (SSSR count). The Morgan fingerprint density at radius 2 is 1.89 bits per heavy atom. The van der Waals surface area contributed by atoms with E-state index in [9.17, 15) is 9.59 Å². The highest BCUT2D eigenvalue weighted by Gasteiger charge is 2.44. The van der Waals surface area contributed by atoms with Crippen LogP contribution < -0.4 is 5.32 Å². The van der Waals surface area contributed by atoms with Crippen molar-refractivity contribution in [2.75, 3.05) is 0 Å². The molecule has 1 saturated carbocycles. The van der Waals surface area contributed by atoms with Crippen LogP contribution in [0.2, 0.25) is 0 Å². The van der Waals surface area contributed by atoms with Crippen LogP contribution in [-0.2, 0) is 9.59 Å². The van der Waals surface area contributed by atoms with Crippen LogP contribution in [-0.4, -0.2) is 34.8 Å². The van der Waals surface area contributed by atoms with Crippen molar-refractivity contribution in [1.29, 1.82) is 0 Å². The molecule has 0 radical (unpaired) electrons. The zero-order valence-electron chi connectivity index (χ0n) is 11.6. The van der Waals surface area contributed by atoms with Gasteiger partial charge in [-0.25, -0.2) is 0 Å². The van der Waals surface area contributed by atoms with Crippen molar-refractivity contribution in [3.63, 3.8) is 0 Å². The minimum absolute atomic E-state index is 0.0309. The molecule has 4 heteroatoms. The second-order valence-electron chi connectivity index (χ2n) is 5.84. The van der Waals surface area contributed by atoms with Gasteiger partial charge in [-0.05, 0) is 25.2 Å². The van der Waals surface area contributed by atoms with E-state index in [-0.39, 0.29) is 35.9 Å². The van der Waals surface area contributed by atoms with Gasteiger partial charge in [0.15, 0.2) is 0 Å². The second-order valence-corrected chi connectivity index (χ2v) is 5.84. The van der Waals surface area contributed by atoms with Crippen LogP contribution in [0.25, 0.3) is 0 Å². The fourth-order valence-electron chi connectivity index (χ4n) is 3.25. The van der Waals surface area contributed by atoms with E-state index in [1.54, 1.807) is 0 Å². The first-order valence-corrected chi connectivity index (χ1v) is 7.18. The molecule has 2 aliphatic rings. The van der Waals surface area contributed by atoms with Gasteiger partial charge in [0, 0.05) is 6.04 Å². The van der Waals surface area contributed by atoms with Gasteiger partial charge in [-0.1, -0.05) is 33.6 Å². The van der Waals surface area contributed by atoms with Crippen molar-refractivity contribution >= 4 is 11.8 Å². The quantitative estimate of drug-likeness (QED) is 0.831. The summed E-state index contributed by atoms with van der Waals surface area (Å²) in [5.74, 6) is 0.332. The Bertz CT molecular complexity index is 335. The van der Waals surface area contributed by atoms with E-state index < -0.39 is 0 Å². The second kappa shape index (κ2) is 5.29. The summed E-state index contributed by atoms with van der Waals surface area (Å²) in [6.07, 6.45) is 5.14. The molecular weight excluding hydrogens is 228 g/mol. The topological polar surface area (TPSA) is 49.4 Å². The number of nitrogens with zero attached hydrogens (tertiary/aromatic N) is 1. The number of amides is 2. The molecule has 1 N–H and O–H groups in total. The van der Waals surface area contributed by atoms with E-state index in [2.05, 4.69) is 5.32 Å². The van der Waals surface area contributed by atoms with Gasteiger partial charge in [-0.3, -0.25) is 9.59 Å². The molecule has 0 aromatic heterocycles. The van der Waals surface area contributed by atoms with Gasteiger partial charge in [0.25, 0.3) is 0 Å². The first-order valence-electron chi connectivity index (χ1n) is 7.18. The van der Waals surface area contributed by atoms with Crippen LogP contribution in [0.5, 0.6) is 0 Å². The summed E-state index contributed by atoms with van der Waals surface area (Å²) >= 11 is 0. The predicted octanol–water partition coefficient (Wildman–Crippen LogP) is 1.69. The van der Waals surface area contributed by atoms with Gasteiger partial charge in [0.1, 0.15) is 12.1 Å². The third-order valence-corrected chi connectivity index (χ3v) is 4.20. The van der Waals surface area contributed by atoms with Crippen molar-refractivity contribution in [3.05, 3.63) is 0 Å². The molecule has 2 amide bonds. The lowest BCUT2D eigenvalue weighted by atomic mass is 9.94. The maximum absolute atomic E-state index is 12.5. The van der Waals surface area contributed by atoms with E-state index in [1.807, 2.05) is 25.7 Å². The molecule has 2 fully saturated rings. The van der Waals surface area contributed by atoms with Crippen molar-refractivity contribution < 1.29 is 9.59 Å². The van der Waals surface area contributed by atoms with Crippen LogP contribution in [0.1, 0.15) is 52.9 Å². The van der Waals surface area contributed by atoms with Gasteiger partial charge in [-0.2, -0.15) is 0 Å². The molecule has 2 atom stereocenters. The first kappa shape index (κ1) is 13.4. The third-order valence-electron chi connectivity index (χ3n) is 4.20. The van der Waals surface area contributed by atoms with Gasteiger partial charge in [-0.15, -0.1) is 0 Å². The van der Waals surface area contributed by atoms with Crippen LogP contribution in [0.4, 0.5) is 0 Å². The Morgan fingerprint density at radius 1 is 1.28 bits per heavy atom. The molecule has 1 aliphatic heterocycles. The Kier molecular flexibility index (Phi) is 3.93. The Labute approximate surface area is 109 Å². The van der Waals surface area contributed by atoms with Crippen LogP contribution >= 0.6 is 0 Å². The summed E-state index contributed by atoms with van der Waals surface area (Å²) in [5.41, 5.74) is 0. The monoisotopic (exact) mass is 252 g/mol. The molecule has 1 heterocycles. The third kappa shape index (κ3) is 2.25. The summed E-state index contributed by atoms with van der Waals surface area (Å²) in [7, 11) is 0. The number of hydrogen-bond donors (Lipinski definition) is 1. The summed E-state index contributed by atoms with van der Waals surface area (Å²) < 4.78 is 0. The van der Waals surface area contributed by atoms with E-state index in [0.29, 0.717) is 6.42 Å². The average molecular weight is 252 g/mol. The normalized spacial score (nSPS) is 30.1. The van der Waals surface area contributed by atoms with Crippen molar-refractivity contribution in [3.8, 4) is 0 Å². The Morgan fingerprint density at radius 3 is 2.39 bits per heavy atom. The lowest BCUT2D eigenvalue weighted by molar-refractivity contribution is -0.154. The summed E-state index contributed by atoms with van der Waals surface area (Å²) in [6.45, 7) is 5.99. The van der Waals surface area contributed by atoms with Crippen LogP contribution in [0.3, 0.4) is 0 Å². The molecule has 18 heavy (non-hydrogen) atoms. The van der Waals surface area contributed by atoms with Gasteiger partial charge in [0.2, 0.25) is 11.8 Å². The highest BCUT2D eigenvalue weighted by Crippen LogP contribution is 2.30. The molecular formula is C14H24N2O2. The number of carbonyl (C=O) groups is 2. The van der Waals surface area contributed by atoms with E-state index in [1.165, 1.54) is 12.8 Å². The molecule has 1 aliphatic carbocycles. The molecule has 1 saturated heterocycles. The maximum Gasteiger partial charge on any atom is 0.246 e. The molecule has 0 aromatic carbocycles. The number of rotatable bonds is 3.